The molecule has 1 N–H and O–H groups in total. The van der Waals surface area contributed by atoms with Gasteiger partial charge >= 0.3 is 5.63 Å². The highest BCUT2D eigenvalue weighted by atomic mass is 19.1. The molecular weight excluding hydrogens is 353 g/mol. The summed E-state index contributed by atoms with van der Waals surface area (Å²) in [5, 5.41) is 3.27. The van der Waals surface area contributed by atoms with Crippen molar-refractivity contribution in [2.24, 2.45) is 0 Å². The second-order valence-electron chi connectivity index (χ2n) is 7.66. The van der Waals surface area contributed by atoms with Crippen molar-refractivity contribution in [3.8, 4) is 0 Å². The molecule has 140 valence electrons. The molecule has 3 nitrogen and oxygen atoms in total. The molecular formula is C24H21FNO2+. The standard InChI is InChI=1S/C24H20FNO2/c25-19-8-5-16(6-9-19)14-26(20-10-11-20)15-18-13-23(27)28-22-12-7-17-3-1-2-4-21(17)24(18)22/h1-9,12-13,20H,10-11,14-15H2/p+1. The Morgan fingerprint density at radius 2 is 1.75 bits per heavy atom. The fourth-order valence-corrected chi connectivity index (χ4v) is 4.11. The average molecular weight is 374 g/mol. The van der Waals surface area contributed by atoms with Crippen LogP contribution in [0.2, 0.25) is 0 Å². The van der Waals surface area contributed by atoms with Crippen LogP contribution in [0.5, 0.6) is 0 Å². The van der Waals surface area contributed by atoms with Crippen LogP contribution >= 0.6 is 0 Å². The highest BCUT2D eigenvalue weighted by Gasteiger charge is 2.34. The lowest BCUT2D eigenvalue weighted by atomic mass is 10.0. The van der Waals surface area contributed by atoms with E-state index in [1.165, 1.54) is 29.9 Å². The molecule has 4 aromatic rings. The first-order chi connectivity index (χ1) is 13.7. The van der Waals surface area contributed by atoms with E-state index in [0.717, 1.165) is 40.4 Å². The highest BCUT2D eigenvalue weighted by molar-refractivity contribution is 6.06. The molecule has 1 atom stereocenters. The normalized spacial score (nSPS) is 15.2. The van der Waals surface area contributed by atoms with Crippen LogP contribution in [-0.4, -0.2) is 6.04 Å². The van der Waals surface area contributed by atoms with Crippen LogP contribution in [0.1, 0.15) is 24.0 Å². The van der Waals surface area contributed by atoms with Gasteiger partial charge < -0.3 is 9.32 Å². The molecule has 5 rings (SSSR count). The number of halogens is 1. The Hall–Kier alpha value is -2.98. The molecule has 28 heavy (non-hydrogen) atoms. The Morgan fingerprint density at radius 1 is 0.964 bits per heavy atom. The van der Waals surface area contributed by atoms with Crippen LogP contribution in [0.25, 0.3) is 21.7 Å². The minimum Gasteiger partial charge on any atom is -0.423 e. The van der Waals surface area contributed by atoms with Gasteiger partial charge in [-0.25, -0.2) is 9.18 Å². The summed E-state index contributed by atoms with van der Waals surface area (Å²) < 4.78 is 18.8. The summed E-state index contributed by atoms with van der Waals surface area (Å²) in [5.74, 6) is -0.213. The molecule has 0 spiro atoms. The van der Waals surface area contributed by atoms with Crippen molar-refractivity contribution in [3.63, 3.8) is 0 Å². The van der Waals surface area contributed by atoms with Crippen molar-refractivity contribution in [2.75, 3.05) is 0 Å². The third-order valence-corrected chi connectivity index (χ3v) is 5.63. The lowest BCUT2D eigenvalue weighted by Gasteiger charge is -2.20. The Morgan fingerprint density at radius 3 is 2.54 bits per heavy atom. The zero-order valence-electron chi connectivity index (χ0n) is 15.5. The summed E-state index contributed by atoms with van der Waals surface area (Å²) >= 11 is 0. The number of fused-ring (bicyclic) bond motifs is 3. The maximum Gasteiger partial charge on any atom is 0.336 e. The van der Waals surface area contributed by atoms with Gasteiger partial charge in [0.2, 0.25) is 0 Å². The number of rotatable bonds is 5. The molecule has 0 radical (unpaired) electrons. The third-order valence-electron chi connectivity index (χ3n) is 5.63. The van der Waals surface area contributed by atoms with Crippen LogP contribution in [0.4, 0.5) is 4.39 Å². The Labute approximate surface area is 162 Å². The van der Waals surface area contributed by atoms with Gasteiger partial charge in [0.15, 0.2) is 0 Å². The van der Waals surface area contributed by atoms with Crippen LogP contribution < -0.4 is 10.5 Å². The van der Waals surface area contributed by atoms with Crippen molar-refractivity contribution in [1.29, 1.82) is 0 Å². The summed E-state index contributed by atoms with van der Waals surface area (Å²) in [7, 11) is 0. The zero-order chi connectivity index (χ0) is 19.1. The number of hydrogen-bond donors (Lipinski definition) is 1. The fraction of sp³-hybridized carbons (Fsp3) is 0.208. The largest absolute Gasteiger partial charge is 0.423 e. The van der Waals surface area contributed by atoms with Crippen LogP contribution in [-0.2, 0) is 13.1 Å². The van der Waals surface area contributed by atoms with E-state index in [1.54, 1.807) is 6.07 Å². The van der Waals surface area contributed by atoms with Gasteiger partial charge in [-0.15, -0.1) is 0 Å². The molecule has 0 saturated heterocycles. The monoisotopic (exact) mass is 374 g/mol. The molecule has 0 aliphatic heterocycles. The molecule has 1 aliphatic carbocycles. The lowest BCUT2D eigenvalue weighted by molar-refractivity contribution is -0.938. The minimum absolute atomic E-state index is 0.213. The topological polar surface area (TPSA) is 34.7 Å². The summed E-state index contributed by atoms with van der Waals surface area (Å²) in [6.45, 7) is 1.57. The predicted octanol–water partition coefficient (Wildman–Crippen LogP) is 3.83. The van der Waals surface area contributed by atoms with E-state index < -0.39 is 0 Å². The number of hydrogen-bond acceptors (Lipinski definition) is 2. The van der Waals surface area contributed by atoms with Crippen LogP contribution in [0.3, 0.4) is 0 Å². The van der Waals surface area contributed by atoms with Crippen LogP contribution in [0.15, 0.2) is 75.9 Å². The summed E-state index contributed by atoms with van der Waals surface area (Å²) in [6.07, 6.45) is 2.38. The molecule has 1 fully saturated rings. The van der Waals surface area contributed by atoms with E-state index in [0.29, 0.717) is 11.6 Å². The van der Waals surface area contributed by atoms with Gasteiger partial charge in [0, 0.05) is 35.4 Å². The zero-order valence-corrected chi connectivity index (χ0v) is 15.5. The number of benzene rings is 3. The molecule has 4 heteroatoms. The number of quaternary nitrogens is 1. The van der Waals surface area contributed by atoms with Gasteiger partial charge in [0.05, 0.1) is 6.04 Å². The first kappa shape index (κ1) is 17.1. The molecule has 1 aliphatic rings. The molecule has 0 amide bonds. The molecule has 3 aromatic carbocycles. The van der Waals surface area contributed by atoms with E-state index >= 15 is 0 Å². The van der Waals surface area contributed by atoms with Crippen molar-refractivity contribution < 1.29 is 13.7 Å². The molecule has 1 aromatic heterocycles. The van der Waals surface area contributed by atoms with E-state index in [4.69, 9.17) is 4.42 Å². The summed E-state index contributed by atoms with van der Waals surface area (Å²) in [5.41, 5.74) is 2.46. The molecule has 1 heterocycles. The van der Waals surface area contributed by atoms with Gasteiger partial charge in [-0.2, -0.15) is 0 Å². The second kappa shape index (κ2) is 6.88. The van der Waals surface area contributed by atoms with Crippen molar-refractivity contribution in [2.45, 2.75) is 32.0 Å². The number of nitrogens with one attached hydrogen (secondary N) is 1. The third kappa shape index (κ3) is 3.32. The highest BCUT2D eigenvalue weighted by Crippen LogP contribution is 2.27. The second-order valence-corrected chi connectivity index (χ2v) is 7.66. The lowest BCUT2D eigenvalue weighted by Crippen LogP contribution is -3.10. The minimum atomic E-state index is -0.310. The molecule has 1 saturated carbocycles. The van der Waals surface area contributed by atoms with Gasteiger partial charge in [-0.1, -0.05) is 42.5 Å². The Balaban J connectivity index is 1.58. The quantitative estimate of drug-likeness (QED) is 0.426. The predicted molar refractivity (Wildman–Crippen MR) is 108 cm³/mol. The van der Waals surface area contributed by atoms with E-state index in [9.17, 15) is 9.18 Å². The van der Waals surface area contributed by atoms with Gasteiger partial charge in [0.25, 0.3) is 0 Å². The SMILES string of the molecule is O=c1cc(C[NH+](Cc2ccc(F)cc2)C2CC2)c2c(ccc3ccccc32)o1. The first-order valence-electron chi connectivity index (χ1n) is 9.71. The van der Waals surface area contributed by atoms with E-state index in [1.807, 2.05) is 36.4 Å². The van der Waals surface area contributed by atoms with E-state index in [2.05, 4.69) is 12.1 Å². The first-order valence-corrected chi connectivity index (χ1v) is 9.71. The average Bonchev–Trinajstić information content (AvgIpc) is 3.54. The Kier molecular flexibility index (Phi) is 4.21. The summed E-state index contributed by atoms with van der Waals surface area (Å²) in [6, 6.07) is 21.0. The summed E-state index contributed by atoms with van der Waals surface area (Å²) in [4.78, 5) is 13.6. The maximum absolute atomic E-state index is 13.3. The van der Waals surface area contributed by atoms with Crippen molar-refractivity contribution in [1.82, 2.24) is 0 Å². The van der Waals surface area contributed by atoms with Gasteiger partial charge in [-0.3, -0.25) is 0 Å². The molecule has 1 unspecified atom stereocenters. The maximum atomic E-state index is 13.3. The van der Waals surface area contributed by atoms with E-state index in [-0.39, 0.29) is 11.4 Å². The smallest absolute Gasteiger partial charge is 0.336 e. The van der Waals surface area contributed by atoms with Crippen molar-refractivity contribution >= 4 is 21.7 Å². The molecule has 0 bridgehead atoms. The van der Waals surface area contributed by atoms with Gasteiger partial charge in [-0.05, 0) is 29.0 Å². The fourth-order valence-electron chi connectivity index (χ4n) is 4.11. The Bertz CT molecular complexity index is 1210. The van der Waals surface area contributed by atoms with Crippen LogP contribution in [0, 0.1) is 5.82 Å². The van der Waals surface area contributed by atoms with Crippen molar-refractivity contribution in [3.05, 3.63) is 94.1 Å². The van der Waals surface area contributed by atoms with Gasteiger partial charge in [0.1, 0.15) is 24.5 Å².